The Labute approximate surface area is 269 Å². The number of nitrogens with zero attached hydrogens (tertiary/aromatic N) is 4. The van der Waals surface area contributed by atoms with Gasteiger partial charge in [-0.2, -0.15) is 0 Å². The van der Waals surface area contributed by atoms with Crippen LogP contribution in [-0.4, -0.2) is 81.0 Å². The van der Waals surface area contributed by atoms with Crippen LogP contribution in [0.4, 0.5) is 13.6 Å². The molecule has 11 heteroatoms. The van der Waals surface area contributed by atoms with E-state index in [1.54, 1.807) is 16.0 Å². The summed E-state index contributed by atoms with van der Waals surface area (Å²) in [4.78, 5) is 35.1. The summed E-state index contributed by atoms with van der Waals surface area (Å²) in [6.45, 7) is 9.45. The number of rotatable bonds is 9. The number of carbonyl (C=O) groups is 2. The summed E-state index contributed by atoms with van der Waals surface area (Å²) in [6, 6.07) is 12.4. The number of hydrogen-bond acceptors (Lipinski definition) is 6. The third-order valence-corrected chi connectivity index (χ3v) is 8.55. The number of ether oxygens (including phenoxy) is 2. The minimum atomic E-state index is -1.29. The first-order chi connectivity index (χ1) is 21.9. The molecule has 3 heterocycles. The third kappa shape index (κ3) is 8.11. The molecule has 3 atom stereocenters. The Morgan fingerprint density at radius 1 is 1.11 bits per heavy atom. The van der Waals surface area contributed by atoms with E-state index in [-0.39, 0.29) is 29.6 Å². The van der Waals surface area contributed by atoms with E-state index >= 15 is 4.39 Å². The Bertz CT molecular complexity index is 1500. The molecule has 2 fully saturated rings. The fourth-order valence-corrected chi connectivity index (χ4v) is 6.37. The summed E-state index contributed by atoms with van der Waals surface area (Å²) < 4.78 is 42.6. The highest BCUT2D eigenvalue weighted by atomic mass is 19.1. The molecule has 2 aliphatic rings. The van der Waals surface area contributed by atoms with Gasteiger partial charge in [-0.15, -0.1) is 0 Å². The van der Waals surface area contributed by atoms with Gasteiger partial charge in [0.2, 0.25) is 0 Å². The lowest BCUT2D eigenvalue weighted by Crippen LogP contribution is -2.47. The molecule has 0 aliphatic carbocycles. The minimum Gasteiger partial charge on any atom is -0.444 e. The molecule has 248 valence electrons. The number of hydrogen-bond donors (Lipinski definition) is 1. The van der Waals surface area contributed by atoms with Crippen LogP contribution < -0.4 is 0 Å². The number of imidazole rings is 1. The molecule has 5 rings (SSSR count). The van der Waals surface area contributed by atoms with Gasteiger partial charge < -0.3 is 28.9 Å². The summed E-state index contributed by atoms with van der Waals surface area (Å²) >= 11 is 0. The first kappa shape index (κ1) is 33.5. The Hall–Kier alpha value is -3.83. The molecular formula is C35H44F2N4O5. The standard InChI is InChI=1S/C35H44F2N4O5/c1-23(42)33(43)41(21-25-12-15-39(20-25)34(44)46-35(2,3)4)31(26-13-16-45-17-14-26)32-38-30(28-18-27(36)10-11-29(28)37)22-40(32)19-24-8-6-5-7-9-24/h5-11,18,22-23,25-26,31,42H,12-17,19-21H2,1-4H3/t23-,25?,31?/m0/s1. The maximum Gasteiger partial charge on any atom is 0.410 e. The molecule has 1 N–H and O–H groups in total. The van der Waals surface area contributed by atoms with Crippen LogP contribution in [-0.2, 0) is 20.8 Å². The van der Waals surface area contributed by atoms with E-state index < -0.39 is 41.4 Å². The molecule has 0 saturated carbocycles. The predicted molar refractivity (Wildman–Crippen MR) is 169 cm³/mol. The number of aromatic nitrogens is 2. The number of likely N-dealkylation sites (tertiary alicyclic amines) is 1. The van der Waals surface area contributed by atoms with Crippen LogP contribution in [0.5, 0.6) is 0 Å². The van der Waals surface area contributed by atoms with E-state index in [4.69, 9.17) is 14.5 Å². The average molecular weight is 639 g/mol. The smallest absolute Gasteiger partial charge is 0.410 e. The minimum absolute atomic E-state index is 0.0241. The van der Waals surface area contributed by atoms with Gasteiger partial charge in [-0.25, -0.2) is 18.6 Å². The first-order valence-corrected chi connectivity index (χ1v) is 16.0. The molecule has 3 aromatic rings. The van der Waals surface area contributed by atoms with Crippen LogP contribution in [0.2, 0.25) is 0 Å². The molecule has 2 unspecified atom stereocenters. The predicted octanol–water partition coefficient (Wildman–Crippen LogP) is 5.81. The van der Waals surface area contributed by atoms with Crippen molar-refractivity contribution < 1.29 is 33.0 Å². The summed E-state index contributed by atoms with van der Waals surface area (Å²) in [5.41, 5.74) is 0.611. The van der Waals surface area contributed by atoms with Gasteiger partial charge in [0.05, 0.1) is 11.7 Å². The van der Waals surface area contributed by atoms with Gasteiger partial charge in [0.25, 0.3) is 5.91 Å². The van der Waals surface area contributed by atoms with Gasteiger partial charge in [-0.05, 0) is 82.6 Å². The number of halogens is 2. The lowest BCUT2D eigenvalue weighted by Gasteiger charge is -2.40. The quantitative estimate of drug-likeness (QED) is 0.318. The van der Waals surface area contributed by atoms with E-state index in [1.807, 2.05) is 55.7 Å². The van der Waals surface area contributed by atoms with Gasteiger partial charge in [-0.3, -0.25) is 4.79 Å². The van der Waals surface area contributed by atoms with Crippen molar-refractivity contribution in [3.8, 4) is 11.3 Å². The molecule has 2 aliphatic heterocycles. The summed E-state index contributed by atoms with van der Waals surface area (Å²) in [5, 5.41) is 10.7. The van der Waals surface area contributed by atoms with Crippen molar-refractivity contribution in [1.29, 1.82) is 0 Å². The molecule has 0 radical (unpaired) electrons. The maximum absolute atomic E-state index is 15.1. The highest BCUT2D eigenvalue weighted by Crippen LogP contribution is 2.38. The highest BCUT2D eigenvalue weighted by Gasteiger charge is 2.40. The molecule has 2 aromatic carbocycles. The van der Waals surface area contributed by atoms with Crippen molar-refractivity contribution in [3.63, 3.8) is 0 Å². The van der Waals surface area contributed by atoms with Crippen LogP contribution >= 0.6 is 0 Å². The fraction of sp³-hybridized carbons (Fsp3) is 0.514. The number of aliphatic hydroxyl groups is 1. The van der Waals surface area contributed by atoms with Crippen LogP contribution in [0.15, 0.2) is 54.7 Å². The van der Waals surface area contributed by atoms with Crippen molar-refractivity contribution in [2.75, 3.05) is 32.8 Å². The number of aliphatic hydroxyl groups excluding tert-OH is 1. The van der Waals surface area contributed by atoms with Gasteiger partial charge in [-0.1, -0.05) is 30.3 Å². The van der Waals surface area contributed by atoms with Crippen LogP contribution in [0, 0.1) is 23.5 Å². The zero-order chi connectivity index (χ0) is 33.0. The number of benzene rings is 2. The van der Waals surface area contributed by atoms with Crippen molar-refractivity contribution in [2.24, 2.45) is 11.8 Å². The average Bonchev–Trinajstić information content (AvgIpc) is 3.65. The van der Waals surface area contributed by atoms with Crippen LogP contribution in [0.1, 0.15) is 64.4 Å². The Morgan fingerprint density at radius 2 is 1.83 bits per heavy atom. The van der Waals surface area contributed by atoms with E-state index in [2.05, 4.69) is 0 Å². The van der Waals surface area contributed by atoms with Gasteiger partial charge in [0, 0.05) is 51.2 Å². The van der Waals surface area contributed by atoms with Crippen molar-refractivity contribution in [1.82, 2.24) is 19.4 Å². The lowest BCUT2D eigenvalue weighted by atomic mass is 9.88. The summed E-state index contributed by atoms with van der Waals surface area (Å²) in [7, 11) is 0. The van der Waals surface area contributed by atoms with E-state index in [0.29, 0.717) is 57.9 Å². The largest absolute Gasteiger partial charge is 0.444 e. The monoisotopic (exact) mass is 638 g/mol. The highest BCUT2D eigenvalue weighted by molar-refractivity contribution is 5.80. The molecule has 9 nitrogen and oxygen atoms in total. The van der Waals surface area contributed by atoms with Gasteiger partial charge >= 0.3 is 6.09 Å². The Balaban J connectivity index is 1.57. The van der Waals surface area contributed by atoms with Crippen LogP contribution in [0.3, 0.4) is 0 Å². The van der Waals surface area contributed by atoms with Gasteiger partial charge in [0.1, 0.15) is 29.2 Å². The molecule has 2 saturated heterocycles. The van der Waals surface area contributed by atoms with Crippen LogP contribution in [0.25, 0.3) is 11.3 Å². The summed E-state index contributed by atoms with van der Waals surface area (Å²) in [6.07, 6.45) is 1.96. The van der Waals surface area contributed by atoms with Crippen molar-refractivity contribution in [2.45, 2.75) is 71.2 Å². The van der Waals surface area contributed by atoms with E-state index in [9.17, 15) is 19.1 Å². The molecule has 1 aromatic heterocycles. The Morgan fingerprint density at radius 3 is 2.50 bits per heavy atom. The van der Waals surface area contributed by atoms with Crippen molar-refractivity contribution in [3.05, 3.63) is 77.8 Å². The number of carbonyl (C=O) groups excluding carboxylic acids is 2. The normalized spacial score (nSPS) is 18.8. The third-order valence-electron chi connectivity index (χ3n) is 8.55. The lowest BCUT2D eigenvalue weighted by molar-refractivity contribution is -0.145. The van der Waals surface area contributed by atoms with Crippen molar-refractivity contribution >= 4 is 12.0 Å². The molecular weight excluding hydrogens is 594 g/mol. The molecule has 2 amide bonds. The maximum atomic E-state index is 15.1. The molecule has 0 spiro atoms. The second-order valence-electron chi connectivity index (χ2n) is 13.4. The van der Waals surface area contributed by atoms with E-state index in [1.165, 1.54) is 6.92 Å². The van der Waals surface area contributed by atoms with Gasteiger partial charge in [0.15, 0.2) is 0 Å². The van der Waals surface area contributed by atoms with E-state index in [0.717, 1.165) is 23.8 Å². The number of amides is 2. The summed E-state index contributed by atoms with van der Waals surface area (Å²) in [5.74, 6) is -1.29. The second kappa shape index (κ2) is 14.3. The topological polar surface area (TPSA) is 97.1 Å². The second-order valence-corrected chi connectivity index (χ2v) is 13.4. The molecule has 46 heavy (non-hydrogen) atoms. The fourth-order valence-electron chi connectivity index (χ4n) is 6.37. The molecule has 0 bridgehead atoms. The first-order valence-electron chi connectivity index (χ1n) is 16.0. The Kier molecular flexibility index (Phi) is 10.4. The SMILES string of the molecule is C[C@H](O)C(=O)N(CC1CCN(C(=O)OC(C)(C)C)C1)C(c1nc(-c2cc(F)ccc2F)cn1Cc1ccccc1)C1CCOCC1. The zero-order valence-electron chi connectivity index (χ0n) is 27.0. The zero-order valence-corrected chi connectivity index (χ0v) is 27.0.